The molecule has 0 radical (unpaired) electrons. The Morgan fingerprint density at radius 2 is 0.984 bits per heavy atom. The molecule has 15 heteroatoms. The third-order valence-electron chi connectivity index (χ3n) is 10.2. The number of carbonyl (C=O) groups is 2. The molecule has 0 heterocycles. The lowest BCUT2D eigenvalue weighted by Gasteiger charge is -2.41. The number of ether oxygens (including phenoxy) is 2. The number of allylic oxidation sites excluding steroid dienone is 13. The average molecular weight is 925 g/mol. The van der Waals surface area contributed by atoms with E-state index in [0.717, 1.165) is 64.2 Å². The number of unbranched alkanes of at least 4 members (excludes halogenated alkanes) is 11. The van der Waals surface area contributed by atoms with Crippen LogP contribution in [-0.2, 0) is 32.7 Å². The van der Waals surface area contributed by atoms with Crippen LogP contribution in [0.15, 0.2) is 85.1 Å². The second-order valence-corrected chi connectivity index (χ2v) is 17.6. The first-order chi connectivity index (χ1) is 30.8. The first-order valence-electron chi connectivity index (χ1n) is 23.4. The lowest BCUT2D eigenvalue weighted by Crippen LogP contribution is -2.64. The fourth-order valence-electron chi connectivity index (χ4n) is 6.50. The average Bonchev–Trinajstić information content (AvgIpc) is 3.26. The summed E-state index contributed by atoms with van der Waals surface area (Å²) in [6.07, 6.45) is 33.6. The van der Waals surface area contributed by atoms with Crippen LogP contribution in [-0.4, -0.2) is 110 Å². The highest BCUT2D eigenvalue weighted by molar-refractivity contribution is 7.47. The van der Waals surface area contributed by atoms with E-state index in [0.29, 0.717) is 19.3 Å². The van der Waals surface area contributed by atoms with Crippen molar-refractivity contribution < 1.29 is 68.2 Å². The van der Waals surface area contributed by atoms with Gasteiger partial charge in [-0.25, -0.2) is 4.57 Å². The molecule has 366 valence electrons. The summed E-state index contributed by atoms with van der Waals surface area (Å²) < 4.78 is 33.4. The molecule has 7 atom stereocenters. The van der Waals surface area contributed by atoms with E-state index < -0.39 is 81.8 Å². The Balaban J connectivity index is 2.52. The predicted molar refractivity (Wildman–Crippen MR) is 250 cm³/mol. The lowest BCUT2D eigenvalue weighted by molar-refractivity contribution is -0.220. The van der Waals surface area contributed by atoms with E-state index in [4.69, 9.17) is 18.5 Å². The summed E-state index contributed by atoms with van der Waals surface area (Å²) in [5, 5.41) is 59.3. The molecule has 7 unspecified atom stereocenters. The van der Waals surface area contributed by atoms with Crippen LogP contribution in [0.25, 0.3) is 0 Å². The van der Waals surface area contributed by atoms with Gasteiger partial charge in [0.15, 0.2) is 6.10 Å². The molecule has 1 aliphatic carbocycles. The van der Waals surface area contributed by atoms with Crippen molar-refractivity contribution in [1.82, 2.24) is 0 Å². The van der Waals surface area contributed by atoms with Crippen LogP contribution in [0.5, 0.6) is 0 Å². The summed E-state index contributed by atoms with van der Waals surface area (Å²) in [6.45, 7) is 2.68. The zero-order valence-corrected chi connectivity index (χ0v) is 39.3. The molecular formula is C49H81O14P. The van der Waals surface area contributed by atoms with Crippen molar-refractivity contribution in [2.24, 2.45) is 0 Å². The van der Waals surface area contributed by atoms with E-state index in [9.17, 15) is 49.7 Å². The van der Waals surface area contributed by atoms with Gasteiger partial charge >= 0.3 is 19.8 Å². The van der Waals surface area contributed by atoms with Crippen LogP contribution < -0.4 is 0 Å². The first-order valence-corrected chi connectivity index (χ1v) is 24.9. The molecule has 0 saturated heterocycles. The van der Waals surface area contributed by atoms with Gasteiger partial charge in [-0.1, -0.05) is 143 Å². The molecule has 7 N–H and O–H groups in total. The third-order valence-corrected chi connectivity index (χ3v) is 11.2. The lowest BCUT2D eigenvalue weighted by atomic mass is 9.85. The molecule has 64 heavy (non-hydrogen) atoms. The third kappa shape index (κ3) is 31.0. The van der Waals surface area contributed by atoms with E-state index in [2.05, 4.69) is 55.5 Å². The quantitative estimate of drug-likeness (QED) is 0.0135. The van der Waals surface area contributed by atoms with Crippen LogP contribution in [0.3, 0.4) is 0 Å². The van der Waals surface area contributed by atoms with E-state index >= 15 is 0 Å². The summed E-state index contributed by atoms with van der Waals surface area (Å²) in [6, 6.07) is 0. The highest BCUT2D eigenvalue weighted by atomic mass is 31.2. The molecule has 0 aromatic carbocycles. The second kappa shape index (κ2) is 38.1. The molecule has 1 aliphatic rings. The number of hydrogen-bond acceptors (Lipinski definition) is 13. The molecule has 1 fully saturated rings. The maximum Gasteiger partial charge on any atom is 0.472 e. The Morgan fingerprint density at radius 3 is 1.50 bits per heavy atom. The Bertz CT molecular complexity index is 1450. The largest absolute Gasteiger partial charge is 0.472 e. The van der Waals surface area contributed by atoms with Gasteiger partial charge in [0.2, 0.25) is 0 Å². The molecule has 0 amide bonds. The summed E-state index contributed by atoms with van der Waals surface area (Å²) in [7, 11) is -5.15. The number of esters is 2. The number of phosphoric ester groups is 1. The van der Waals surface area contributed by atoms with E-state index in [1.807, 2.05) is 30.4 Å². The van der Waals surface area contributed by atoms with E-state index in [1.165, 1.54) is 38.5 Å². The number of aliphatic hydroxyl groups is 6. The standard InChI is InChI=1S/C49H81O14P/c1-3-4-5-6-7-8-9-10-14-18-21-24-27-30-33-36-42(51)60-38-41(39-61-64(58,59)63-49-47(56)45(54)44(53)46(55)48(49)57)62-43(52)37-34-31-28-25-22-19-16-13-11-12-15-17-20-23-26-29-32-35-40(2)50/h10-11,13-15,17,19,22-23,26,28,31-32,35,40-41,44-50,53-57H,3-9,12,16,18,20-21,24-25,27,29-30,33-34,36-39H2,1-2H3,(H,58,59)/b13-11+,14-10-,17-15+,22-19+,26-23+,31-28+,35-32-. The SMILES string of the molecule is CCCCCCCC/C=C\CCCCCCCC(=O)OCC(COP(=O)(O)OC1C(O)C(O)C(O)C(O)C1O)OC(=O)CC/C=C/C/C=C/C/C=C/C/C=C/C/C=C/C/C=C\C(C)O. The van der Waals surface area contributed by atoms with Crippen molar-refractivity contribution in [3.05, 3.63) is 85.1 Å². The summed E-state index contributed by atoms with van der Waals surface area (Å²) in [5.41, 5.74) is 0. The summed E-state index contributed by atoms with van der Waals surface area (Å²) in [5.74, 6) is -1.23. The summed E-state index contributed by atoms with van der Waals surface area (Å²) in [4.78, 5) is 35.7. The Hall–Kier alpha value is -3.01. The Labute approximate surface area is 382 Å². The van der Waals surface area contributed by atoms with Crippen molar-refractivity contribution >= 4 is 19.8 Å². The topological polar surface area (TPSA) is 230 Å². The normalized spacial score (nSPS) is 22.8. The van der Waals surface area contributed by atoms with Crippen LogP contribution >= 0.6 is 7.82 Å². The van der Waals surface area contributed by atoms with Gasteiger partial charge in [-0.2, -0.15) is 0 Å². The van der Waals surface area contributed by atoms with Crippen molar-refractivity contribution in [3.8, 4) is 0 Å². The predicted octanol–water partition coefficient (Wildman–Crippen LogP) is 8.25. The second-order valence-electron chi connectivity index (χ2n) is 16.2. The maximum atomic E-state index is 12.8. The van der Waals surface area contributed by atoms with Gasteiger partial charge in [0.1, 0.15) is 43.2 Å². The van der Waals surface area contributed by atoms with Gasteiger partial charge in [0.25, 0.3) is 0 Å². The molecule has 14 nitrogen and oxygen atoms in total. The van der Waals surface area contributed by atoms with Crippen LogP contribution in [0.1, 0.15) is 149 Å². The fraction of sp³-hybridized carbons (Fsp3) is 0.673. The van der Waals surface area contributed by atoms with Crippen molar-refractivity contribution in [2.45, 2.75) is 198 Å². The molecular weight excluding hydrogens is 843 g/mol. The Morgan fingerprint density at radius 1 is 0.547 bits per heavy atom. The first kappa shape index (κ1) is 59.0. The summed E-state index contributed by atoms with van der Waals surface area (Å²) >= 11 is 0. The molecule has 1 rings (SSSR count). The molecule has 0 aliphatic heterocycles. The van der Waals surface area contributed by atoms with Crippen LogP contribution in [0, 0.1) is 0 Å². The minimum absolute atomic E-state index is 0.0441. The van der Waals surface area contributed by atoms with Gasteiger partial charge in [0.05, 0.1) is 12.7 Å². The van der Waals surface area contributed by atoms with E-state index in [1.54, 1.807) is 13.0 Å². The van der Waals surface area contributed by atoms with Gasteiger partial charge < -0.3 is 45.0 Å². The molecule has 0 spiro atoms. The van der Waals surface area contributed by atoms with E-state index in [-0.39, 0.29) is 12.8 Å². The number of hydrogen-bond donors (Lipinski definition) is 7. The zero-order chi connectivity index (χ0) is 47.3. The van der Waals surface area contributed by atoms with Crippen LogP contribution in [0.4, 0.5) is 0 Å². The molecule has 0 aromatic rings. The number of phosphoric acid groups is 1. The van der Waals surface area contributed by atoms with Gasteiger partial charge in [-0.15, -0.1) is 0 Å². The van der Waals surface area contributed by atoms with Crippen LogP contribution in [0.2, 0.25) is 0 Å². The highest BCUT2D eigenvalue weighted by Gasteiger charge is 2.51. The van der Waals surface area contributed by atoms with Crippen molar-refractivity contribution in [2.75, 3.05) is 13.2 Å². The highest BCUT2D eigenvalue weighted by Crippen LogP contribution is 2.47. The van der Waals surface area contributed by atoms with Crippen molar-refractivity contribution in [3.63, 3.8) is 0 Å². The minimum atomic E-state index is -5.15. The van der Waals surface area contributed by atoms with Gasteiger partial charge in [-0.3, -0.25) is 18.6 Å². The number of carbonyl (C=O) groups excluding carboxylic acids is 2. The van der Waals surface area contributed by atoms with Gasteiger partial charge in [-0.05, 0) is 77.6 Å². The molecule has 0 aromatic heterocycles. The smallest absolute Gasteiger partial charge is 0.462 e. The maximum absolute atomic E-state index is 12.8. The monoisotopic (exact) mass is 925 g/mol. The Kier molecular flexibility index (Phi) is 35.2. The number of aliphatic hydroxyl groups excluding tert-OH is 6. The zero-order valence-electron chi connectivity index (χ0n) is 38.4. The fourth-order valence-corrected chi connectivity index (χ4v) is 7.47. The molecule has 0 bridgehead atoms. The molecule has 1 saturated carbocycles. The van der Waals surface area contributed by atoms with Gasteiger partial charge in [0, 0.05) is 12.8 Å². The number of rotatable bonds is 37. The minimum Gasteiger partial charge on any atom is -0.462 e. The van der Waals surface area contributed by atoms with Crippen molar-refractivity contribution in [1.29, 1.82) is 0 Å².